The van der Waals surface area contributed by atoms with Gasteiger partial charge in [0.05, 0.1) is 17.3 Å². The fraction of sp³-hybridized carbons (Fsp3) is 0.769. The van der Waals surface area contributed by atoms with E-state index in [2.05, 4.69) is 12.1 Å². The number of allylic oxidation sites excluding steroid dienone is 2. The van der Waals surface area contributed by atoms with Crippen LogP contribution in [0.25, 0.3) is 0 Å². The Labute approximate surface area is 104 Å². The van der Waals surface area contributed by atoms with Crippen LogP contribution in [0.1, 0.15) is 47.0 Å². The van der Waals surface area contributed by atoms with E-state index in [1.807, 2.05) is 33.8 Å². The van der Waals surface area contributed by atoms with E-state index in [-0.39, 0.29) is 11.2 Å². The zero-order valence-corrected chi connectivity index (χ0v) is 11.1. The largest absolute Gasteiger partial charge is 0.483 e. The molecule has 4 heteroatoms. The molecule has 17 heavy (non-hydrogen) atoms. The number of nitrogens with zero attached hydrogens (tertiary/aromatic N) is 1. The van der Waals surface area contributed by atoms with Gasteiger partial charge in [-0.2, -0.15) is 5.26 Å². The van der Waals surface area contributed by atoms with Crippen LogP contribution in [0.5, 0.6) is 0 Å². The molecule has 0 saturated carbocycles. The maximum Gasteiger partial charge on any atom is 0.483 e. The first-order chi connectivity index (χ1) is 7.83. The molecule has 0 bridgehead atoms. The highest BCUT2D eigenvalue weighted by molar-refractivity contribution is 6.51. The lowest BCUT2D eigenvalue weighted by molar-refractivity contribution is 0.00578. The van der Waals surface area contributed by atoms with Crippen LogP contribution in [0, 0.1) is 11.3 Å². The average Bonchev–Trinajstić information content (AvgIpc) is 2.49. The van der Waals surface area contributed by atoms with Gasteiger partial charge in [-0.3, -0.25) is 0 Å². The van der Waals surface area contributed by atoms with Crippen molar-refractivity contribution in [1.29, 1.82) is 5.26 Å². The molecule has 1 atom stereocenters. The summed E-state index contributed by atoms with van der Waals surface area (Å²) in [6.07, 6.45) is 6.92. The molecule has 92 valence electrons. The molecule has 0 aromatic heterocycles. The lowest BCUT2D eigenvalue weighted by Gasteiger charge is -2.32. The van der Waals surface area contributed by atoms with Gasteiger partial charge in [0.2, 0.25) is 0 Å². The Kier molecular flexibility index (Phi) is 2.88. The van der Waals surface area contributed by atoms with Crippen LogP contribution >= 0.6 is 0 Å². The van der Waals surface area contributed by atoms with Crippen molar-refractivity contribution in [3.63, 3.8) is 0 Å². The second-order valence-electron chi connectivity index (χ2n) is 6.04. The molecule has 1 aliphatic carbocycles. The molecule has 0 aromatic carbocycles. The van der Waals surface area contributed by atoms with E-state index in [1.54, 1.807) is 0 Å². The summed E-state index contributed by atoms with van der Waals surface area (Å²) >= 11 is 0. The van der Waals surface area contributed by atoms with Gasteiger partial charge in [0, 0.05) is 0 Å². The smallest absolute Gasteiger partial charge is 0.402 e. The van der Waals surface area contributed by atoms with Gasteiger partial charge in [-0.25, -0.2) is 0 Å². The van der Waals surface area contributed by atoms with E-state index in [4.69, 9.17) is 9.31 Å². The summed E-state index contributed by atoms with van der Waals surface area (Å²) < 4.78 is 12.0. The van der Waals surface area contributed by atoms with Gasteiger partial charge in [-0.05, 0) is 47.0 Å². The summed E-state index contributed by atoms with van der Waals surface area (Å²) in [4.78, 5) is 0. The van der Waals surface area contributed by atoms with Gasteiger partial charge in [0.1, 0.15) is 5.31 Å². The van der Waals surface area contributed by atoms with Crippen LogP contribution in [-0.4, -0.2) is 18.3 Å². The maximum atomic E-state index is 9.48. The summed E-state index contributed by atoms with van der Waals surface area (Å²) in [5, 5.41) is 8.87. The van der Waals surface area contributed by atoms with Gasteiger partial charge in [-0.15, -0.1) is 0 Å². The zero-order valence-electron chi connectivity index (χ0n) is 11.1. The second kappa shape index (κ2) is 3.86. The minimum absolute atomic E-state index is 0.368. The lowest BCUT2D eigenvalue weighted by Crippen LogP contribution is -2.41. The van der Waals surface area contributed by atoms with E-state index in [9.17, 15) is 5.26 Å². The minimum Gasteiger partial charge on any atom is -0.402 e. The molecule has 1 heterocycles. The number of hydrogen-bond acceptors (Lipinski definition) is 3. The molecular weight excluding hydrogens is 213 g/mol. The number of rotatable bonds is 1. The standard InChI is InChI=1S/C13H20BNO2/c1-11(2)12(3,4)17-14(16-11)13(10-15)8-6-5-7-9-13/h6,8H,5,7,9H2,1-4H3. The first kappa shape index (κ1) is 12.7. The van der Waals surface area contributed by atoms with Crippen molar-refractivity contribution in [2.45, 2.75) is 63.5 Å². The van der Waals surface area contributed by atoms with Crippen molar-refractivity contribution < 1.29 is 9.31 Å². The fourth-order valence-electron chi connectivity index (χ4n) is 2.29. The number of hydrogen-bond donors (Lipinski definition) is 0. The molecule has 0 amide bonds. The first-order valence-electron chi connectivity index (χ1n) is 6.28. The highest BCUT2D eigenvalue weighted by Crippen LogP contribution is 2.49. The molecule has 1 saturated heterocycles. The van der Waals surface area contributed by atoms with Gasteiger partial charge >= 0.3 is 7.12 Å². The molecule has 0 spiro atoms. The normalized spacial score (nSPS) is 34.6. The third-order valence-electron chi connectivity index (χ3n) is 4.26. The summed E-state index contributed by atoms with van der Waals surface area (Å²) in [5.41, 5.74) is -0.737. The molecule has 1 fully saturated rings. The molecule has 2 aliphatic rings. The highest BCUT2D eigenvalue weighted by Gasteiger charge is 2.59. The molecule has 2 rings (SSSR count). The van der Waals surface area contributed by atoms with Crippen molar-refractivity contribution in [3.8, 4) is 6.07 Å². The Balaban J connectivity index is 2.28. The predicted molar refractivity (Wildman–Crippen MR) is 67.4 cm³/mol. The van der Waals surface area contributed by atoms with Gasteiger partial charge in [0.15, 0.2) is 0 Å². The van der Waals surface area contributed by atoms with Gasteiger partial charge < -0.3 is 9.31 Å². The van der Waals surface area contributed by atoms with Crippen LogP contribution in [0.4, 0.5) is 0 Å². The topological polar surface area (TPSA) is 42.2 Å². The zero-order chi connectivity index (χ0) is 12.7. The van der Waals surface area contributed by atoms with Crippen molar-refractivity contribution in [2.24, 2.45) is 0 Å². The van der Waals surface area contributed by atoms with Crippen molar-refractivity contribution in [2.75, 3.05) is 0 Å². The average molecular weight is 233 g/mol. The van der Waals surface area contributed by atoms with E-state index in [0.717, 1.165) is 19.3 Å². The van der Waals surface area contributed by atoms with E-state index in [0.29, 0.717) is 0 Å². The van der Waals surface area contributed by atoms with Crippen molar-refractivity contribution >= 4 is 7.12 Å². The predicted octanol–water partition coefficient (Wildman–Crippen LogP) is 3.08. The summed E-state index contributed by atoms with van der Waals surface area (Å²) in [6, 6.07) is 2.40. The van der Waals surface area contributed by atoms with Crippen LogP contribution < -0.4 is 0 Å². The summed E-state index contributed by atoms with van der Waals surface area (Å²) in [5.74, 6) is 0. The van der Waals surface area contributed by atoms with Crippen LogP contribution in [0.15, 0.2) is 12.2 Å². The quantitative estimate of drug-likeness (QED) is 0.516. The second-order valence-corrected chi connectivity index (χ2v) is 6.04. The molecule has 0 aromatic rings. The highest BCUT2D eigenvalue weighted by atomic mass is 16.7. The van der Waals surface area contributed by atoms with Crippen LogP contribution in [-0.2, 0) is 9.31 Å². The Hall–Kier alpha value is -0.785. The first-order valence-corrected chi connectivity index (χ1v) is 6.28. The SMILES string of the molecule is CC1(C)OB(C2(C#N)C=CCCC2)OC1(C)C. The monoisotopic (exact) mass is 233 g/mol. The third-order valence-corrected chi connectivity index (χ3v) is 4.26. The van der Waals surface area contributed by atoms with E-state index >= 15 is 0 Å². The molecule has 3 nitrogen and oxygen atoms in total. The molecule has 0 radical (unpaired) electrons. The van der Waals surface area contributed by atoms with Gasteiger partial charge in [-0.1, -0.05) is 12.2 Å². The number of nitriles is 1. The molecule has 1 aliphatic heterocycles. The molecular formula is C13H20BNO2. The fourth-order valence-corrected chi connectivity index (χ4v) is 2.29. The van der Waals surface area contributed by atoms with Gasteiger partial charge in [0.25, 0.3) is 0 Å². The van der Waals surface area contributed by atoms with Crippen molar-refractivity contribution in [1.82, 2.24) is 0 Å². The minimum atomic E-state index is -0.608. The maximum absolute atomic E-state index is 9.48. The molecule has 0 N–H and O–H groups in total. The molecule has 1 unspecified atom stereocenters. The van der Waals surface area contributed by atoms with Crippen molar-refractivity contribution in [3.05, 3.63) is 12.2 Å². The van der Waals surface area contributed by atoms with E-state index < -0.39 is 12.4 Å². The Morgan fingerprint density at radius 1 is 1.18 bits per heavy atom. The van der Waals surface area contributed by atoms with E-state index in [1.165, 1.54) is 0 Å². The van der Waals surface area contributed by atoms with Crippen LogP contribution in [0.2, 0.25) is 5.31 Å². The Bertz CT molecular complexity index is 367. The van der Waals surface area contributed by atoms with Crippen LogP contribution in [0.3, 0.4) is 0 Å². The lowest BCUT2D eigenvalue weighted by atomic mass is 9.54. The summed E-state index contributed by atoms with van der Waals surface area (Å²) in [6.45, 7) is 8.07. The third kappa shape index (κ3) is 1.92. The Morgan fingerprint density at radius 3 is 2.18 bits per heavy atom. The Morgan fingerprint density at radius 2 is 1.76 bits per heavy atom. The summed E-state index contributed by atoms with van der Waals surface area (Å²) in [7, 11) is -0.450.